The lowest BCUT2D eigenvalue weighted by Gasteiger charge is -2.13. The van der Waals surface area contributed by atoms with Gasteiger partial charge in [-0.3, -0.25) is 0 Å². The highest BCUT2D eigenvalue weighted by molar-refractivity contribution is 7.10. The Hall–Kier alpha value is -1.72. The molecule has 0 fully saturated rings. The van der Waals surface area contributed by atoms with Gasteiger partial charge in [-0.1, -0.05) is 6.07 Å². The second-order valence-corrected chi connectivity index (χ2v) is 5.43. The van der Waals surface area contributed by atoms with E-state index in [4.69, 9.17) is 9.47 Å². The third kappa shape index (κ3) is 2.52. The number of phenolic OH excluding ortho intramolecular Hbond substituents is 1. The van der Waals surface area contributed by atoms with Crippen molar-refractivity contribution in [2.24, 2.45) is 0 Å². The molecule has 0 saturated heterocycles. The van der Waals surface area contributed by atoms with Gasteiger partial charge in [0.1, 0.15) is 5.75 Å². The predicted molar refractivity (Wildman–Crippen MR) is 73.8 cm³/mol. The Morgan fingerprint density at radius 1 is 1.37 bits per heavy atom. The average molecular weight is 277 g/mol. The molecule has 0 aliphatic carbocycles. The van der Waals surface area contributed by atoms with Gasteiger partial charge in [0.05, 0.1) is 0 Å². The van der Waals surface area contributed by atoms with Gasteiger partial charge in [-0.15, -0.1) is 11.3 Å². The summed E-state index contributed by atoms with van der Waals surface area (Å²) in [4.78, 5) is 1.28. The molecule has 0 unspecified atom stereocenters. The highest BCUT2D eigenvalue weighted by atomic mass is 32.1. The summed E-state index contributed by atoms with van der Waals surface area (Å²) in [5, 5.41) is 15.4. The van der Waals surface area contributed by atoms with Gasteiger partial charge in [0.25, 0.3) is 0 Å². The van der Waals surface area contributed by atoms with Crippen molar-refractivity contribution in [1.29, 1.82) is 0 Å². The second-order valence-electron chi connectivity index (χ2n) is 4.45. The van der Waals surface area contributed by atoms with Crippen LogP contribution in [0.2, 0.25) is 0 Å². The van der Waals surface area contributed by atoms with E-state index in [1.807, 2.05) is 12.1 Å². The highest BCUT2D eigenvalue weighted by Gasteiger charge is 2.17. The third-order valence-corrected chi connectivity index (χ3v) is 4.20. The van der Waals surface area contributed by atoms with E-state index in [0.717, 1.165) is 5.56 Å². The Bertz CT molecular complexity index is 568. The van der Waals surface area contributed by atoms with Crippen LogP contribution in [0.3, 0.4) is 0 Å². The summed E-state index contributed by atoms with van der Waals surface area (Å²) in [6, 6.07) is 7.82. The molecule has 0 saturated carbocycles. The molecule has 1 aromatic carbocycles. The molecule has 2 N–H and O–H groups in total. The minimum absolute atomic E-state index is 0.219. The maximum absolute atomic E-state index is 9.95. The van der Waals surface area contributed by atoms with Gasteiger partial charge in [0.15, 0.2) is 11.5 Å². The van der Waals surface area contributed by atoms with E-state index >= 15 is 0 Å². The number of benzene rings is 1. The minimum atomic E-state index is 0.219. The van der Waals surface area contributed by atoms with Crippen LogP contribution in [0.15, 0.2) is 29.6 Å². The zero-order valence-electron chi connectivity index (χ0n) is 10.6. The zero-order valence-corrected chi connectivity index (χ0v) is 11.4. The summed E-state index contributed by atoms with van der Waals surface area (Å²) in [6.45, 7) is 2.91. The molecule has 2 heterocycles. The van der Waals surface area contributed by atoms with Crippen LogP contribution in [-0.2, 0) is 6.54 Å². The lowest BCUT2D eigenvalue weighted by atomic mass is 10.1. The standard InChI is InChI=1S/C14H15NO3S/c1-9(14-3-2-4-19-14)15-7-10-5-12-13(6-11(10)16)18-8-17-12/h2-6,9,15-16H,7-8H2,1H3/t9-/m1/s1. The van der Waals surface area contributed by atoms with Crippen molar-refractivity contribution in [1.82, 2.24) is 5.32 Å². The van der Waals surface area contributed by atoms with Crippen LogP contribution in [0.4, 0.5) is 0 Å². The summed E-state index contributed by atoms with van der Waals surface area (Å²) in [7, 11) is 0. The van der Waals surface area contributed by atoms with Crippen molar-refractivity contribution in [2.75, 3.05) is 6.79 Å². The lowest BCUT2D eigenvalue weighted by Crippen LogP contribution is -2.17. The number of rotatable bonds is 4. The van der Waals surface area contributed by atoms with Gasteiger partial charge >= 0.3 is 0 Å². The number of phenols is 1. The van der Waals surface area contributed by atoms with Crippen LogP contribution >= 0.6 is 11.3 Å². The molecular formula is C14H15NO3S. The Morgan fingerprint density at radius 2 is 2.16 bits per heavy atom. The molecule has 0 bridgehead atoms. The molecule has 5 heteroatoms. The topological polar surface area (TPSA) is 50.7 Å². The highest BCUT2D eigenvalue weighted by Crippen LogP contribution is 2.37. The van der Waals surface area contributed by atoms with Crippen LogP contribution in [0, 0.1) is 0 Å². The van der Waals surface area contributed by atoms with Crippen molar-refractivity contribution in [3.05, 3.63) is 40.1 Å². The SMILES string of the molecule is C[C@@H](NCc1cc2c(cc1O)OCO2)c1cccs1. The monoisotopic (exact) mass is 277 g/mol. The lowest BCUT2D eigenvalue weighted by molar-refractivity contribution is 0.174. The Labute approximate surface area is 115 Å². The zero-order chi connectivity index (χ0) is 13.2. The summed E-state index contributed by atoms with van der Waals surface area (Å²) < 4.78 is 10.5. The first-order valence-electron chi connectivity index (χ1n) is 6.12. The normalized spacial score (nSPS) is 14.6. The summed E-state index contributed by atoms with van der Waals surface area (Å²) >= 11 is 1.72. The fraction of sp³-hybridized carbons (Fsp3) is 0.286. The molecule has 100 valence electrons. The summed E-state index contributed by atoms with van der Waals surface area (Å²) in [5.74, 6) is 1.53. The number of fused-ring (bicyclic) bond motifs is 1. The van der Waals surface area contributed by atoms with Gasteiger partial charge in [-0.25, -0.2) is 0 Å². The van der Waals surface area contributed by atoms with Gasteiger partial charge < -0.3 is 19.9 Å². The Morgan fingerprint density at radius 3 is 2.89 bits per heavy atom. The molecule has 1 aliphatic heterocycles. The van der Waals surface area contributed by atoms with Crippen LogP contribution < -0.4 is 14.8 Å². The number of thiophene rings is 1. The third-order valence-electron chi connectivity index (χ3n) is 3.14. The van der Waals surface area contributed by atoms with Gasteiger partial charge in [0, 0.05) is 29.1 Å². The molecule has 0 radical (unpaired) electrons. The van der Waals surface area contributed by atoms with Gasteiger partial charge in [0.2, 0.25) is 6.79 Å². The van der Waals surface area contributed by atoms with Gasteiger partial charge in [-0.05, 0) is 24.4 Å². The number of ether oxygens (including phenoxy) is 2. The Kier molecular flexibility index (Phi) is 3.31. The summed E-state index contributed by atoms with van der Waals surface area (Å²) in [5.41, 5.74) is 0.813. The first kappa shape index (κ1) is 12.3. The van der Waals surface area contributed by atoms with E-state index in [9.17, 15) is 5.11 Å². The second kappa shape index (κ2) is 5.11. The van der Waals surface area contributed by atoms with Crippen LogP contribution in [0.1, 0.15) is 23.4 Å². The van der Waals surface area contributed by atoms with E-state index < -0.39 is 0 Å². The average Bonchev–Trinajstić information content (AvgIpc) is 3.06. The van der Waals surface area contributed by atoms with Crippen molar-refractivity contribution in [3.8, 4) is 17.2 Å². The fourth-order valence-electron chi connectivity index (χ4n) is 2.02. The first-order chi connectivity index (χ1) is 9.24. The number of aromatic hydroxyl groups is 1. The maximum atomic E-state index is 9.95. The first-order valence-corrected chi connectivity index (χ1v) is 7.00. The maximum Gasteiger partial charge on any atom is 0.231 e. The van der Waals surface area contributed by atoms with Crippen LogP contribution in [0.25, 0.3) is 0 Å². The van der Waals surface area contributed by atoms with E-state index in [-0.39, 0.29) is 18.6 Å². The van der Waals surface area contributed by atoms with Crippen LogP contribution in [0.5, 0.6) is 17.2 Å². The van der Waals surface area contributed by atoms with Crippen LogP contribution in [-0.4, -0.2) is 11.9 Å². The minimum Gasteiger partial charge on any atom is -0.507 e. The van der Waals surface area contributed by atoms with E-state index in [1.165, 1.54) is 4.88 Å². The van der Waals surface area contributed by atoms with Crippen molar-refractivity contribution in [2.45, 2.75) is 19.5 Å². The van der Waals surface area contributed by atoms with Gasteiger partial charge in [-0.2, -0.15) is 0 Å². The van der Waals surface area contributed by atoms with E-state index in [1.54, 1.807) is 17.4 Å². The largest absolute Gasteiger partial charge is 0.507 e. The number of nitrogens with one attached hydrogen (secondary N) is 1. The quantitative estimate of drug-likeness (QED) is 0.902. The molecule has 1 aliphatic rings. The Balaban J connectivity index is 1.70. The molecule has 2 aromatic rings. The number of hydrogen-bond donors (Lipinski definition) is 2. The predicted octanol–water partition coefficient (Wildman–Crippen LogP) is 3.03. The summed E-state index contributed by atoms with van der Waals surface area (Å²) in [6.07, 6.45) is 0. The molecule has 3 rings (SSSR count). The van der Waals surface area contributed by atoms with E-state index in [0.29, 0.717) is 18.0 Å². The van der Waals surface area contributed by atoms with Crippen molar-refractivity contribution in [3.63, 3.8) is 0 Å². The molecule has 19 heavy (non-hydrogen) atoms. The molecular weight excluding hydrogens is 262 g/mol. The van der Waals surface area contributed by atoms with Crippen molar-refractivity contribution < 1.29 is 14.6 Å². The van der Waals surface area contributed by atoms with Crippen molar-refractivity contribution >= 4 is 11.3 Å². The molecule has 1 aromatic heterocycles. The molecule has 4 nitrogen and oxygen atoms in total. The fourth-order valence-corrected chi connectivity index (χ4v) is 2.78. The molecule has 1 atom stereocenters. The molecule has 0 amide bonds. The number of hydrogen-bond acceptors (Lipinski definition) is 5. The molecule has 0 spiro atoms. The smallest absolute Gasteiger partial charge is 0.231 e. The van der Waals surface area contributed by atoms with E-state index in [2.05, 4.69) is 23.7 Å².